The fourth-order valence-electron chi connectivity index (χ4n) is 1.55. The zero-order chi connectivity index (χ0) is 12.4. The van der Waals surface area contributed by atoms with Crippen LogP contribution in [-0.4, -0.2) is 9.55 Å². The zero-order valence-corrected chi connectivity index (χ0v) is 10.7. The SMILES string of the molecule is Cc1nc(Cl)cc(=O)n1Cc1ccc(Cl)cc1. The Morgan fingerprint density at radius 3 is 2.47 bits per heavy atom. The molecule has 0 bridgehead atoms. The van der Waals surface area contributed by atoms with Crippen molar-refractivity contribution in [3.05, 3.63) is 62.2 Å². The number of aromatic nitrogens is 2. The van der Waals surface area contributed by atoms with Crippen LogP contribution in [0.1, 0.15) is 11.4 Å². The average molecular weight is 269 g/mol. The molecular weight excluding hydrogens is 259 g/mol. The quantitative estimate of drug-likeness (QED) is 0.786. The largest absolute Gasteiger partial charge is 0.292 e. The predicted molar refractivity (Wildman–Crippen MR) is 68.8 cm³/mol. The van der Waals surface area contributed by atoms with Crippen molar-refractivity contribution in [2.75, 3.05) is 0 Å². The third kappa shape index (κ3) is 2.87. The Morgan fingerprint density at radius 1 is 1.24 bits per heavy atom. The summed E-state index contributed by atoms with van der Waals surface area (Å²) in [6, 6.07) is 8.65. The summed E-state index contributed by atoms with van der Waals surface area (Å²) < 4.78 is 1.56. The van der Waals surface area contributed by atoms with Gasteiger partial charge in [-0.25, -0.2) is 4.98 Å². The number of hydrogen-bond donors (Lipinski definition) is 0. The molecule has 1 aromatic heterocycles. The van der Waals surface area contributed by atoms with Crippen molar-refractivity contribution in [1.82, 2.24) is 9.55 Å². The summed E-state index contributed by atoms with van der Waals surface area (Å²) in [4.78, 5) is 15.8. The van der Waals surface area contributed by atoms with Crippen LogP contribution in [0.4, 0.5) is 0 Å². The van der Waals surface area contributed by atoms with Crippen LogP contribution in [0.15, 0.2) is 35.1 Å². The minimum atomic E-state index is -0.155. The molecule has 0 fully saturated rings. The Labute approximate surface area is 109 Å². The van der Waals surface area contributed by atoms with E-state index in [4.69, 9.17) is 23.2 Å². The van der Waals surface area contributed by atoms with E-state index in [1.165, 1.54) is 6.07 Å². The molecule has 17 heavy (non-hydrogen) atoms. The summed E-state index contributed by atoms with van der Waals surface area (Å²) >= 11 is 11.5. The van der Waals surface area contributed by atoms with Crippen LogP contribution < -0.4 is 5.56 Å². The third-order valence-electron chi connectivity index (χ3n) is 2.42. The van der Waals surface area contributed by atoms with Gasteiger partial charge in [0.1, 0.15) is 11.0 Å². The lowest BCUT2D eigenvalue weighted by molar-refractivity contribution is 0.700. The molecule has 88 valence electrons. The highest BCUT2D eigenvalue weighted by atomic mass is 35.5. The van der Waals surface area contributed by atoms with Crippen LogP contribution in [0.25, 0.3) is 0 Å². The molecule has 0 unspecified atom stereocenters. The van der Waals surface area contributed by atoms with Gasteiger partial charge in [0, 0.05) is 11.1 Å². The molecule has 0 radical (unpaired) electrons. The van der Waals surface area contributed by atoms with Crippen LogP contribution in [0.2, 0.25) is 10.2 Å². The van der Waals surface area contributed by atoms with E-state index < -0.39 is 0 Å². The molecule has 2 rings (SSSR count). The van der Waals surface area contributed by atoms with Crippen molar-refractivity contribution in [3.8, 4) is 0 Å². The summed E-state index contributed by atoms with van der Waals surface area (Å²) in [5.74, 6) is 0.595. The molecule has 1 aromatic carbocycles. The van der Waals surface area contributed by atoms with E-state index in [2.05, 4.69) is 4.98 Å². The first-order valence-corrected chi connectivity index (χ1v) is 5.80. The van der Waals surface area contributed by atoms with E-state index in [1.807, 2.05) is 12.1 Å². The average Bonchev–Trinajstić information content (AvgIpc) is 2.26. The summed E-state index contributed by atoms with van der Waals surface area (Å²) in [5.41, 5.74) is 0.834. The van der Waals surface area contributed by atoms with Gasteiger partial charge in [-0.3, -0.25) is 9.36 Å². The maximum Gasteiger partial charge on any atom is 0.255 e. The Hall–Kier alpha value is -1.32. The Balaban J connectivity index is 2.36. The van der Waals surface area contributed by atoms with Gasteiger partial charge in [-0.1, -0.05) is 35.3 Å². The van der Waals surface area contributed by atoms with Gasteiger partial charge < -0.3 is 0 Å². The molecule has 0 aliphatic carbocycles. The fourth-order valence-corrected chi connectivity index (χ4v) is 1.89. The number of halogens is 2. The first kappa shape index (κ1) is 12.1. The maximum atomic E-state index is 11.7. The number of aryl methyl sites for hydroxylation is 1. The second-order valence-corrected chi connectivity index (χ2v) is 4.50. The highest BCUT2D eigenvalue weighted by Gasteiger charge is 2.04. The van der Waals surface area contributed by atoms with E-state index in [0.717, 1.165) is 5.56 Å². The Bertz CT molecular complexity index is 590. The molecule has 0 aliphatic rings. The fraction of sp³-hybridized carbons (Fsp3) is 0.167. The third-order valence-corrected chi connectivity index (χ3v) is 2.87. The van der Waals surface area contributed by atoms with Gasteiger partial charge in [0.05, 0.1) is 6.54 Å². The van der Waals surface area contributed by atoms with Gasteiger partial charge in [0.25, 0.3) is 5.56 Å². The standard InChI is InChI=1S/C12H10Cl2N2O/c1-8-15-11(14)6-12(17)16(8)7-9-2-4-10(13)5-3-9/h2-6H,7H2,1H3. The number of nitrogens with zero attached hydrogens (tertiary/aromatic N) is 2. The minimum Gasteiger partial charge on any atom is -0.292 e. The predicted octanol–water partition coefficient (Wildman–Crippen LogP) is 2.91. The van der Waals surface area contributed by atoms with Gasteiger partial charge in [-0.2, -0.15) is 0 Å². The van der Waals surface area contributed by atoms with E-state index in [-0.39, 0.29) is 10.7 Å². The summed E-state index contributed by atoms with van der Waals surface area (Å²) in [7, 11) is 0. The first-order valence-electron chi connectivity index (χ1n) is 5.05. The number of benzene rings is 1. The second kappa shape index (κ2) is 4.90. The molecule has 5 heteroatoms. The zero-order valence-electron chi connectivity index (χ0n) is 9.15. The molecule has 0 spiro atoms. The lowest BCUT2D eigenvalue weighted by atomic mass is 10.2. The van der Waals surface area contributed by atoms with Crippen molar-refractivity contribution in [1.29, 1.82) is 0 Å². The summed E-state index contributed by atoms with van der Waals surface area (Å²) in [6.45, 7) is 2.22. The molecule has 2 aromatic rings. The Kier molecular flexibility index (Phi) is 3.50. The summed E-state index contributed by atoms with van der Waals surface area (Å²) in [6.07, 6.45) is 0. The Morgan fingerprint density at radius 2 is 1.88 bits per heavy atom. The normalized spacial score (nSPS) is 10.5. The molecule has 0 atom stereocenters. The van der Waals surface area contributed by atoms with Crippen LogP contribution in [-0.2, 0) is 6.54 Å². The molecular formula is C12H10Cl2N2O. The van der Waals surface area contributed by atoms with Gasteiger partial charge in [-0.05, 0) is 24.6 Å². The van der Waals surface area contributed by atoms with Gasteiger partial charge >= 0.3 is 0 Å². The monoisotopic (exact) mass is 268 g/mol. The first-order chi connectivity index (χ1) is 8.06. The van der Waals surface area contributed by atoms with Crippen LogP contribution >= 0.6 is 23.2 Å². The molecule has 0 amide bonds. The number of rotatable bonds is 2. The van der Waals surface area contributed by atoms with Crippen LogP contribution in [0.3, 0.4) is 0 Å². The maximum absolute atomic E-state index is 11.7. The van der Waals surface area contributed by atoms with E-state index >= 15 is 0 Å². The molecule has 0 aliphatic heterocycles. The molecule has 0 saturated carbocycles. The molecule has 1 heterocycles. The van der Waals surface area contributed by atoms with E-state index in [9.17, 15) is 4.79 Å². The van der Waals surface area contributed by atoms with Gasteiger partial charge in [0.15, 0.2) is 0 Å². The van der Waals surface area contributed by atoms with E-state index in [0.29, 0.717) is 17.4 Å². The van der Waals surface area contributed by atoms with Crippen molar-refractivity contribution >= 4 is 23.2 Å². The highest BCUT2D eigenvalue weighted by Crippen LogP contribution is 2.11. The van der Waals surface area contributed by atoms with Crippen LogP contribution in [0.5, 0.6) is 0 Å². The topological polar surface area (TPSA) is 34.9 Å². The minimum absolute atomic E-state index is 0.155. The molecule has 0 saturated heterocycles. The van der Waals surface area contributed by atoms with Crippen molar-refractivity contribution in [2.45, 2.75) is 13.5 Å². The van der Waals surface area contributed by atoms with Crippen molar-refractivity contribution < 1.29 is 0 Å². The highest BCUT2D eigenvalue weighted by molar-refractivity contribution is 6.30. The molecule has 3 nitrogen and oxygen atoms in total. The van der Waals surface area contributed by atoms with Crippen LogP contribution in [0, 0.1) is 6.92 Å². The van der Waals surface area contributed by atoms with Gasteiger partial charge in [-0.15, -0.1) is 0 Å². The van der Waals surface area contributed by atoms with E-state index in [1.54, 1.807) is 23.6 Å². The van der Waals surface area contributed by atoms with Gasteiger partial charge in [0.2, 0.25) is 0 Å². The lowest BCUT2D eigenvalue weighted by Crippen LogP contribution is -2.23. The lowest BCUT2D eigenvalue weighted by Gasteiger charge is -2.09. The molecule has 0 N–H and O–H groups in total. The van der Waals surface area contributed by atoms with Crippen molar-refractivity contribution in [3.63, 3.8) is 0 Å². The number of hydrogen-bond acceptors (Lipinski definition) is 2. The summed E-state index contributed by atoms with van der Waals surface area (Å²) in [5, 5.41) is 0.895. The van der Waals surface area contributed by atoms with Crippen molar-refractivity contribution in [2.24, 2.45) is 0 Å². The smallest absolute Gasteiger partial charge is 0.255 e. The second-order valence-electron chi connectivity index (χ2n) is 3.68.